The Kier molecular flexibility index (Phi) is 9.11. The first-order valence-corrected chi connectivity index (χ1v) is 9.90. The van der Waals surface area contributed by atoms with Gasteiger partial charge in [-0.3, -0.25) is 0 Å². The summed E-state index contributed by atoms with van der Waals surface area (Å²) in [6.45, 7) is 3.74. The van der Waals surface area contributed by atoms with E-state index in [1.54, 1.807) is 12.1 Å². The van der Waals surface area contributed by atoms with Gasteiger partial charge in [0.1, 0.15) is 5.82 Å². The lowest BCUT2D eigenvalue weighted by atomic mass is 10.0. The number of hydrogen-bond donors (Lipinski definition) is 5. The number of benzene rings is 1. The molecule has 2 heterocycles. The Morgan fingerprint density at radius 1 is 1.34 bits per heavy atom. The highest BCUT2D eigenvalue weighted by Gasteiger charge is 2.21. The van der Waals surface area contributed by atoms with Crippen molar-refractivity contribution >= 4 is 17.5 Å². The Morgan fingerprint density at radius 2 is 2.07 bits per heavy atom. The summed E-state index contributed by atoms with van der Waals surface area (Å²) < 4.78 is 19.2. The van der Waals surface area contributed by atoms with Crippen molar-refractivity contribution in [3.63, 3.8) is 0 Å². The number of hydrogen-bond acceptors (Lipinski definition) is 7. The summed E-state index contributed by atoms with van der Waals surface area (Å²) in [5.41, 5.74) is 15.1. The number of ether oxygens (including phenoxy) is 1. The van der Waals surface area contributed by atoms with Crippen LogP contribution in [0.15, 0.2) is 35.7 Å². The second kappa shape index (κ2) is 11.5. The van der Waals surface area contributed by atoms with Gasteiger partial charge >= 0.3 is 0 Å². The maximum Gasteiger partial charge on any atom is 0.133 e. The number of rotatable bonds is 6. The number of allylic oxidation sites excluding steroid dienone is 1. The van der Waals surface area contributed by atoms with Gasteiger partial charge in [-0.25, -0.2) is 4.39 Å². The number of nitrogens with two attached hydrogens (primary N) is 2. The van der Waals surface area contributed by atoms with Crippen molar-refractivity contribution in [3.8, 4) is 0 Å². The molecule has 1 atom stereocenters. The Balaban J connectivity index is 0.000000521. The van der Waals surface area contributed by atoms with Crippen LogP contribution >= 0.6 is 0 Å². The molecule has 0 aromatic heterocycles. The molecule has 8 heteroatoms. The standard InChI is InChI=1S/C17H25FN6.C4H8O/c1-22-16-5-6-24(2)10-14(16)17(21)23-12-3-4-13(15(18)7-12)11(8-19)9-20;1-2-4-5-3-1/h3-4,7-9,17,19,22-23H,5-6,10,20-21H2,1-2H3;1-4H2/b11-9+,19-8?;. The Labute approximate surface area is 172 Å². The molecule has 0 aliphatic carbocycles. The third-order valence-electron chi connectivity index (χ3n) is 5.01. The fourth-order valence-corrected chi connectivity index (χ4v) is 3.33. The van der Waals surface area contributed by atoms with Gasteiger partial charge in [0.25, 0.3) is 0 Å². The summed E-state index contributed by atoms with van der Waals surface area (Å²) >= 11 is 0. The molecule has 1 aromatic carbocycles. The van der Waals surface area contributed by atoms with Gasteiger partial charge in [0, 0.05) is 68.3 Å². The number of anilines is 1. The van der Waals surface area contributed by atoms with Crippen molar-refractivity contribution in [2.45, 2.75) is 25.4 Å². The molecule has 0 saturated carbocycles. The Morgan fingerprint density at radius 3 is 2.59 bits per heavy atom. The Hall–Kier alpha value is -2.42. The topological polar surface area (TPSA) is 112 Å². The number of nitrogens with one attached hydrogen (secondary N) is 3. The van der Waals surface area contributed by atoms with E-state index in [0.717, 1.165) is 50.2 Å². The van der Waals surface area contributed by atoms with Crippen LogP contribution in [0.1, 0.15) is 24.8 Å². The van der Waals surface area contributed by atoms with Crippen molar-refractivity contribution in [2.24, 2.45) is 11.5 Å². The zero-order valence-corrected chi connectivity index (χ0v) is 17.3. The van der Waals surface area contributed by atoms with Crippen LogP contribution in [0.5, 0.6) is 0 Å². The van der Waals surface area contributed by atoms with Crippen molar-refractivity contribution < 1.29 is 9.13 Å². The summed E-state index contributed by atoms with van der Waals surface area (Å²) in [6.07, 6.45) is 5.30. The first kappa shape index (κ1) is 22.9. The van der Waals surface area contributed by atoms with Crippen LogP contribution in [0.4, 0.5) is 10.1 Å². The van der Waals surface area contributed by atoms with Gasteiger partial charge in [0.05, 0.1) is 6.17 Å². The number of halogens is 1. The van der Waals surface area contributed by atoms with E-state index in [1.165, 1.54) is 25.1 Å². The van der Waals surface area contributed by atoms with Gasteiger partial charge in [-0.15, -0.1) is 0 Å². The Bertz CT molecular complexity index is 737. The van der Waals surface area contributed by atoms with Crippen LogP contribution in [0, 0.1) is 11.2 Å². The van der Waals surface area contributed by atoms with E-state index in [4.69, 9.17) is 21.6 Å². The number of nitrogens with zero attached hydrogens (tertiary/aromatic N) is 1. The van der Waals surface area contributed by atoms with Crippen molar-refractivity contribution in [3.05, 3.63) is 47.0 Å². The monoisotopic (exact) mass is 404 g/mol. The minimum Gasteiger partial charge on any atom is -0.404 e. The first-order chi connectivity index (χ1) is 14.0. The molecule has 7 N–H and O–H groups in total. The molecule has 1 saturated heterocycles. The van der Waals surface area contributed by atoms with Crippen LogP contribution < -0.4 is 22.1 Å². The van der Waals surface area contributed by atoms with E-state index >= 15 is 0 Å². The van der Waals surface area contributed by atoms with Crippen molar-refractivity contribution in [2.75, 3.05) is 45.7 Å². The summed E-state index contributed by atoms with van der Waals surface area (Å²) in [6, 6.07) is 4.69. The molecule has 29 heavy (non-hydrogen) atoms. The molecule has 2 aliphatic heterocycles. The fraction of sp³-hybridized carbons (Fsp3) is 0.476. The lowest BCUT2D eigenvalue weighted by Gasteiger charge is -2.31. The van der Waals surface area contributed by atoms with E-state index in [-0.39, 0.29) is 0 Å². The summed E-state index contributed by atoms with van der Waals surface area (Å²) in [5, 5.41) is 13.6. The van der Waals surface area contributed by atoms with E-state index in [0.29, 0.717) is 16.8 Å². The van der Waals surface area contributed by atoms with Gasteiger partial charge in [-0.05, 0) is 50.1 Å². The lowest BCUT2D eigenvalue weighted by molar-refractivity contribution is 0.198. The van der Waals surface area contributed by atoms with Gasteiger partial charge in [-0.1, -0.05) is 0 Å². The predicted octanol–water partition coefficient (Wildman–Crippen LogP) is 2.08. The van der Waals surface area contributed by atoms with Gasteiger partial charge in [0.2, 0.25) is 0 Å². The summed E-state index contributed by atoms with van der Waals surface area (Å²) in [4.78, 5) is 2.20. The van der Waals surface area contributed by atoms with Crippen LogP contribution in [0.25, 0.3) is 5.57 Å². The van der Waals surface area contributed by atoms with Crippen LogP contribution in [0.3, 0.4) is 0 Å². The maximum atomic E-state index is 14.3. The predicted molar refractivity (Wildman–Crippen MR) is 117 cm³/mol. The van der Waals surface area contributed by atoms with E-state index in [1.807, 2.05) is 14.1 Å². The SMILES string of the molecule is C1CCOC1.CNC1=C(C(N)Nc2ccc(/C(C=N)=C/N)c(F)c2)CN(C)CC1. The minimum absolute atomic E-state index is 0.291. The van der Waals surface area contributed by atoms with Gasteiger partial charge in [0.15, 0.2) is 0 Å². The van der Waals surface area contributed by atoms with E-state index in [2.05, 4.69) is 15.5 Å². The van der Waals surface area contributed by atoms with E-state index in [9.17, 15) is 4.39 Å². The highest BCUT2D eigenvalue weighted by Crippen LogP contribution is 2.22. The van der Waals surface area contributed by atoms with Crippen molar-refractivity contribution in [1.82, 2.24) is 10.2 Å². The molecular weight excluding hydrogens is 371 g/mol. The molecule has 2 aliphatic rings. The average Bonchev–Trinajstić information content (AvgIpc) is 3.30. The van der Waals surface area contributed by atoms with Crippen LogP contribution in [-0.2, 0) is 4.74 Å². The zero-order valence-electron chi connectivity index (χ0n) is 17.3. The summed E-state index contributed by atoms with van der Waals surface area (Å²) in [5.74, 6) is -0.448. The molecule has 1 unspecified atom stereocenters. The smallest absolute Gasteiger partial charge is 0.133 e. The minimum atomic E-state index is -0.448. The van der Waals surface area contributed by atoms with Crippen LogP contribution in [0.2, 0.25) is 0 Å². The van der Waals surface area contributed by atoms with Crippen LogP contribution in [-0.4, -0.2) is 57.7 Å². The second-order valence-electron chi connectivity index (χ2n) is 7.14. The molecule has 1 aromatic rings. The maximum absolute atomic E-state index is 14.3. The molecule has 160 valence electrons. The molecule has 0 spiro atoms. The average molecular weight is 405 g/mol. The highest BCUT2D eigenvalue weighted by molar-refractivity contribution is 6.08. The summed E-state index contributed by atoms with van der Waals surface area (Å²) in [7, 11) is 3.94. The van der Waals surface area contributed by atoms with E-state index < -0.39 is 12.0 Å². The third kappa shape index (κ3) is 6.56. The molecule has 7 nitrogen and oxygen atoms in total. The quantitative estimate of drug-likeness (QED) is 0.367. The molecule has 0 amide bonds. The molecule has 0 bridgehead atoms. The van der Waals surface area contributed by atoms with Gasteiger partial charge in [-0.2, -0.15) is 0 Å². The fourth-order valence-electron chi connectivity index (χ4n) is 3.33. The zero-order chi connectivity index (χ0) is 21.2. The van der Waals surface area contributed by atoms with Crippen molar-refractivity contribution in [1.29, 1.82) is 5.41 Å². The highest BCUT2D eigenvalue weighted by atomic mass is 19.1. The largest absolute Gasteiger partial charge is 0.404 e. The molecular formula is C21H33FN6O. The molecule has 1 fully saturated rings. The molecule has 3 rings (SSSR count). The lowest BCUT2D eigenvalue weighted by Crippen LogP contribution is -2.42. The first-order valence-electron chi connectivity index (χ1n) is 9.90. The molecule has 0 radical (unpaired) electrons. The second-order valence-corrected chi connectivity index (χ2v) is 7.14. The normalized spacial score (nSPS) is 18.7. The third-order valence-corrected chi connectivity index (χ3v) is 5.01. The number of likely N-dealkylation sites (N-methyl/N-ethyl adjacent to an activating group) is 1. The van der Waals surface area contributed by atoms with Gasteiger partial charge < -0.3 is 37.1 Å².